The lowest BCUT2D eigenvalue weighted by Crippen LogP contribution is -2.32. The number of hydrogen-bond acceptors (Lipinski definition) is 8. The molecule has 0 spiro atoms. The summed E-state index contributed by atoms with van der Waals surface area (Å²) < 4.78 is 0. The van der Waals surface area contributed by atoms with Gasteiger partial charge in [-0.3, -0.25) is 19.2 Å². The van der Waals surface area contributed by atoms with E-state index in [-0.39, 0.29) is 15.7 Å². The van der Waals surface area contributed by atoms with Gasteiger partial charge < -0.3 is 10.6 Å². The van der Waals surface area contributed by atoms with E-state index in [2.05, 4.69) is 31.1 Å². The summed E-state index contributed by atoms with van der Waals surface area (Å²) in [6, 6.07) is 18.6. The molecule has 0 radical (unpaired) electrons. The fourth-order valence-electron chi connectivity index (χ4n) is 4.83. The highest BCUT2D eigenvalue weighted by molar-refractivity contribution is 6.39. The fraction of sp³-hybridized carbons (Fsp3) is 0.222. The van der Waals surface area contributed by atoms with Gasteiger partial charge in [0, 0.05) is 11.4 Å². The molecule has 0 saturated carbocycles. The van der Waals surface area contributed by atoms with E-state index in [0.29, 0.717) is 22.6 Å². The van der Waals surface area contributed by atoms with Crippen molar-refractivity contribution in [3.05, 3.63) is 105 Å². The van der Waals surface area contributed by atoms with Crippen molar-refractivity contribution in [2.75, 3.05) is 10.6 Å². The second-order valence-corrected chi connectivity index (χ2v) is 12.1. The van der Waals surface area contributed by atoms with Crippen LogP contribution < -0.4 is 10.6 Å². The topological polar surface area (TPSA) is 142 Å². The number of carbonyl (C=O) groups is 4. The first-order valence-electron chi connectivity index (χ1n) is 14.9. The zero-order chi connectivity index (χ0) is 35.1. The summed E-state index contributed by atoms with van der Waals surface area (Å²) in [6.07, 6.45) is 0. The van der Waals surface area contributed by atoms with E-state index < -0.39 is 35.5 Å². The first-order valence-corrected chi connectivity index (χ1v) is 15.7. The van der Waals surface area contributed by atoms with Crippen LogP contribution >= 0.6 is 23.2 Å². The standard InChI is InChI=1S/C36H34Cl2N6O4/c1-19-9-7-10-20(2)30(19)39-35(47)32(23(5)45)42-41-27-15-13-25(14-16-27)26-17-28(37)34(29(38)18-26)44-43-33(24(6)46)36(48)40-31-21(3)11-8-12-22(31)4/h7-18,32-33H,1-6H3,(H,39,47)(H,40,48). The first kappa shape index (κ1) is 35.8. The van der Waals surface area contributed by atoms with Crippen molar-refractivity contribution in [1.82, 2.24) is 0 Å². The molecular weight excluding hydrogens is 651 g/mol. The number of azo groups is 2. The maximum atomic E-state index is 13.0. The average Bonchev–Trinajstić information content (AvgIpc) is 3.02. The van der Waals surface area contributed by atoms with Gasteiger partial charge >= 0.3 is 0 Å². The maximum absolute atomic E-state index is 13.0. The van der Waals surface area contributed by atoms with Gasteiger partial charge in [0.05, 0.1) is 15.7 Å². The van der Waals surface area contributed by atoms with Crippen molar-refractivity contribution in [2.45, 2.75) is 53.6 Å². The molecule has 2 unspecified atom stereocenters. The predicted molar refractivity (Wildman–Crippen MR) is 189 cm³/mol. The lowest BCUT2D eigenvalue weighted by molar-refractivity contribution is -0.127. The van der Waals surface area contributed by atoms with Crippen LogP contribution in [0.15, 0.2) is 93.3 Å². The number of nitrogens with one attached hydrogen (secondary N) is 2. The van der Waals surface area contributed by atoms with Gasteiger partial charge in [0.25, 0.3) is 11.8 Å². The van der Waals surface area contributed by atoms with Crippen LogP contribution in [0.25, 0.3) is 11.1 Å². The number of para-hydroxylation sites is 2. The van der Waals surface area contributed by atoms with Crippen LogP contribution in [0.3, 0.4) is 0 Å². The molecule has 0 fully saturated rings. The minimum atomic E-state index is -1.40. The number of carbonyl (C=O) groups excluding carboxylic acids is 4. The van der Waals surface area contributed by atoms with E-state index in [9.17, 15) is 19.2 Å². The van der Waals surface area contributed by atoms with Gasteiger partial charge in [0.2, 0.25) is 12.1 Å². The third kappa shape index (κ3) is 8.64. The lowest BCUT2D eigenvalue weighted by Gasteiger charge is -2.14. The molecule has 0 heterocycles. The Bertz CT molecular complexity index is 1890. The minimum absolute atomic E-state index is 0.105. The largest absolute Gasteiger partial charge is 0.323 e. The summed E-state index contributed by atoms with van der Waals surface area (Å²) in [5, 5.41) is 22.1. The molecule has 246 valence electrons. The van der Waals surface area contributed by atoms with E-state index in [0.717, 1.165) is 27.8 Å². The highest BCUT2D eigenvalue weighted by atomic mass is 35.5. The highest BCUT2D eigenvalue weighted by Gasteiger charge is 2.25. The number of nitrogens with zero attached hydrogens (tertiary/aromatic N) is 4. The Labute approximate surface area is 288 Å². The summed E-state index contributed by atoms with van der Waals surface area (Å²) in [5.74, 6) is -2.14. The molecule has 10 nitrogen and oxygen atoms in total. The number of ketones is 2. The van der Waals surface area contributed by atoms with Gasteiger partial charge in [-0.25, -0.2) is 0 Å². The SMILES string of the molecule is CC(=O)C(N=Nc1ccc(-c2cc(Cl)c(N=NC(C(C)=O)C(=O)Nc3c(C)cccc3C)c(Cl)c2)cc1)C(=O)Nc1c(C)cccc1C. The van der Waals surface area contributed by atoms with Gasteiger partial charge in [-0.15, -0.1) is 0 Å². The average molecular weight is 686 g/mol. The van der Waals surface area contributed by atoms with E-state index in [1.807, 2.05) is 64.1 Å². The summed E-state index contributed by atoms with van der Waals surface area (Å²) in [5.41, 5.74) is 6.57. The van der Waals surface area contributed by atoms with Crippen LogP contribution in [-0.2, 0) is 19.2 Å². The van der Waals surface area contributed by atoms with Crippen LogP contribution in [-0.4, -0.2) is 35.5 Å². The second kappa shape index (κ2) is 15.7. The summed E-state index contributed by atoms with van der Waals surface area (Å²) in [4.78, 5) is 50.4. The zero-order valence-corrected chi connectivity index (χ0v) is 28.8. The molecule has 0 bridgehead atoms. The van der Waals surface area contributed by atoms with Crippen molar-refractivity contribution < 1.29 is 19.2 Å². The number of rotatable bonds is 11. The Balaban J connectivity index is 1.49. The first-order chi connectivity index (χ1) is 22.8. The fourth-order valence-corrected chi connectivity index (χ4v) is 5.39. The molecule has 0 aliphatic rings. The third-order valence-electron chi connectivity index (χ3n) is 7.50. The minimum Gasteiger partial charge on any atom is -0.323 e. The molecule has 0 aliphatic carbocycles. The quantitative estimate of drug-likeness (QED) is 0.120. The number of benzene rings is 4. The predicted octanol–water partition coefficient (Wildman–Crippen LogP) is 9.25. The summed E-state index contributed by atoms with van der Waals surface area (Å²) >= 11 is 13.0. The molecule has 2 amide bonds. The van der Waals surface area contributed by atoms with E-state index in [1.165, 1.54) is 13.8 Å². The number of aryl methyl sites for hydroxylation is 4. The number of halogens is 2. The number of hydrogen-bond donors (Lipinski definition) is 2. The van der Waals surface area contributed by atoms with Crippen molar-refractivity contribution in [3.63, 3.8) is 0 Å². The van der Waals surface area contributed by atoms with Crippen LogP contribution in [0.2, 0.25) is 10.0 Å². The second-order valence-electron chi connectivity index (χ2n) is 11.3. The van der Waals surface area contributed by atoms with Crippen molar-refractivity contribution in [1.29, 1.82) is 0 Å². The Morgan fingerprint density at radius 2 is 0.979 bits per heavy atom. The van der Waals surface area contributed by atoms with Gasteiger partial charge in [-0.05, 0) is 99.2 Å². The molecule has 48 heavy (non-hydrogen) atoms. The number of anilines is 2. The van der Waals surface area contributed by atoms with E-state index in [4.69, 9.17) is 23.2 Å². The molecule has 4 aromatic carbocycles. The molecule has 4 rings (SSSR count). The Kier molecular flexibility index (Phi) is 11.7. The molecule has 2 N–H and O–H groups in total. The molecule has 0 aliphatic heterocycles. The summed E-state index contributed by atoms with van der Waals surface area (Å²) in [7, 11) is 0. The molecule has 12 heteroatoms. The monoisotopic (exact) mass is 684 g/mol. The Morgan fingerprint density at radius 1 is 0.583 bits per heavy atom. The summed E-state index contributed by atoms with van der Waals surface area (Å²) in [6.45, 7) is 9.98. The van der Waals surface area contributed by atoms with Crippen molar-refractivity contribution in [2.24, 2.45) is 20.5 Å². The maximum Gasteiger partial charge on any atom is 0.258 e. The van der Waals surface area contributed by atoms with Crippen molar-refractivity contribution >= 4 is 69.3 Å². The van der Waals surface area contributed by atoms with Gasteiger partial charge in [0.15, 0.2) is 11.6 Å². The van der Waals surface area contributed by atoms with Crippen molar-refractivity contribution in [3.8, 4) is 11.1 Å². The third-order valence-corrected chi connectivity index (χ3v) is 8.08. The highest BCUT2D eigenvalue weighted by Crippen LogP contribution is 2.38. The van der Waals surface area contributed by atoms with Gasteiger partial charge in [0.1, 0.15) is 5.69 Å². The Morgan fingerprint density at radius 3 is 1.38 bits per heavy atom. The number of amides is 2. The van der Waals surface area contributed by atoms with E-state index >= 15 is 0 Å². The molecule has 2 atom stereocenters. The van der Waals surface area contributed by atoms with E-state index in [1.54, 1.807) is 36.4 Å². The van der Waals surface area contributed by atoms with Crippen LogP contribution in [0.5, 0.6) is 0 Å². The normalized spacial score (nSPS) is 12.6. The lowest BCUT2D eigenvalue weighted by atomic mass is 10.0. The van der Waals surface area contributed by atoms with Crippen LogP contribution in [0, 0.1) is 27.7 Å². The van der Waals surface area contributed by atoms with Crippen LogP contribution in [0.1, 0.15) is 36.1 Å². The smallest absolute Gasteiger partial charge is 0.258 e. The van der Waals surface area contributed by atoms with Gasteiger partial charge in [-0.1, -0.05) is 71.7 Å². The molecule has 0 aromatic heterocycles. The van der Waals surface area contributed by atoms with Gasteiger partial charge in [-0.2, -0.15) is 20.5 Å². The molecule has 4 aromatic rings. The molecular formula is C36H34Cl2N6O4. The number of Topliss-reactive ketones (excluding diaryl/α,β-unsaturated/α-hetero) is 2. The van der Waals surface area contributed by atoms with Crippen LogP contribution in [0.4, 0.5) is 22.7 Å². The molecule has 0 saturated heterocycles. The zero-order valence-electron chi connectivity index (χ0n) is 27.3. The Hall–Kier alpha value is -5.06.